The van der Waals surface area contributed by atoms with Gasteiger partial charge in [0.2, 0.25) is 0 Å². The molecule has 4 rings (SSSR count). The number of methoxy groups -OCH3 is 1. The van der Waals surface area contributed by atoms with Crippen molar-refractivity contribution in [2.24, 2.45) is 0 Å². The lowest BCUT2D eigenvalue weighted by Gasteiger charge is -2.26. The normalized spacial score (nSPS) is 17.6. The van der Waals surface area contributed by atoms with E-state index in [9.17, 15) is 19.8 Å². The van der Waals surface area contributed by atoms with E-state index in [1.54, 1.807) is 36.4 Å². The summed E-state index contributed by atoms with van der Waals surface area (Å²) in [5, 5.41) is 21.9. The number of phenolic OH excluding ortho intramolecular Hbond substituents is 1. The number of halogens is 1. The lowest BCUT2D eigenvalue weighted by atomic mass is 9.94. The van der Waals surface area contributed by atoms with Crippen molar-refractivity contribution >= 4 is 34.7 Å². The Morgan fingerprint density at radius 3 is 2.47 bits per heavy atom. The van der Waals surface area contributed by atoms with Gasteiger partial charge in [0.15, 0.2) is 0 Å². The van der Waals surface area contributed by atoms with Crippen molar-refractivity contribution in [2.45, 2.75) is 13.0 Å². The Bertz CT molecular complexity index is 1270. The van der Waals surface area contributed by atoms with Crippen LogP contribution in [0.3, 0.4) is 0 Å². The molecule has 0 spiro atoms. The van der Waals surface area contributed by atoms with Crippen molar-refractivity contribution in [2.75, 3.05) is 12.0 Å². The maximum atomic E-state index is 13.2. The molecule has 1 aliphatic heterocycles. The Kier molecular flexibility index (Phi) is 5.63. The summed E-state index contributed by atoms with van der Waals surface area (Å²) in [6, 6.07) is 17.2. The van der Waals surface area contributed by atoms with Crippen LogP contribution in [-0.4, -0.2) is 29.0 Å². The quantitative estimate of drug-likeness (QED) is 0.333. The molecule has 1 heterocycles. The second-order valence-electron chi connectivity index (χ2n) is 7.42. The van der Waals surface area contributed by atoms with Gasteiger partial charge in [0, 0.05) is 5.56 Å². The van der Waals surface area contributed by atoms with Gasteiger partial charge < -0.3 is 14.9 Å². The number of para-hydroxylation sites is 2. The number of benzene rings is 3. The molecule has 0 aliphatic carbocycles. The number of aliphatic hydroxyl groups is 1. The Labute approximate surface area is 189 Å². The summed E-state index contributed by atoms with van der Waals surface area (Å²) in [5.74, 6) is -1.90. The average Bonchev–Trinajstić information content (AvgIpc) is 3.04. The number of hydrogen-bond donors (Lipinski definition) is 2. The van der Waals surface area contributed by atoms with Gasteiger partial charge in [-0.3, -0.25) is 14.5 Å². The van der Waals surface area contributed by atoms with Crippen LogP contribution in [0.5, 0.6) is 11.5 Å². The molecule has 1 saturated heterocycles. The van der Waals surface area contributed by atoms with Crippen LogP contribution in [0.25, 0.3) is 5.76 Å². The zero-order valence-electron chi connectivity index (χ0n) is 17.4. The van der Waals surface area contributed by atoms with Gasteiger partial charge in [0.1, 0.15) is 17.3 Å². The first kappa shape index (κ1) is 21.5. The summed E-state index contributed by atoms with van der Waals surface area (Å²) in [4.78, 5) is 27.5. The topological polar surface area (TPSA) is 87.1 Å². The van der Waals surface area contributed by atoms with Gasteiger partial charge in [-0.2, -0.15) is 0 Å². The van der Waals surface area contributed by atoms with E-state index in [0.29, 0.717) is 16.3 Å². The molecule has 1 atom stereocenters. The average molecular weight is 450 g/mol. The maximum absolute atomic E-state index is 13.2. The van der Waals surface area contributed by atoms with E-state index in [1.807, 2.05) is 19.1 Å². The number of Topliss-reactive ketones (excluding diaryl/α,β-unsaturated/α-hetero) is 1. The Hall–Kier alpha value is -3.77. The highest BCUT2D eigenvalue weighted by Crippen LogP contribution is 2.45. The van der Waals surface area contributed by atoms with Gasteiger partial charge in [0.25, 0.3) is 11.7 Å². The minimum atomic E-state index is -0.940. The molecule has 1 unspecified atom stereocenters. The van der Waals surface area contributed by atoms with Gasteiger partial charge >= 0.3 is 0 Å². The number of nitrogens with zero attached hydrogens (tertiary/aromatic N) is 1. The number of ketones is 1. The summed E-state index contributed by atoms with van der Waals surface area (Å²) < 4.78 is 5.22. The van der Waals surface area contributed by atoms with Crippen molar-refractivity contribution in [1.82, 2.24) is 0 Å². The number of carbonyl (C=O) groups is 2. The number of rotatable bonds is 4. The summed E-state index contributed by atoms with van der Waals surface area (Å²) in [6.07, 6.45) is 0. The van der Waals surface area contributed by atoms with Gasteiger partial charge in [-0.1, -0.05) is 53.6 Å². The van der Waals surface area contributed by atoms with Gasteiger partial charge in [0.05, 0.1) is 29.4 Å². The molecule has 0 aromatic heterocycles. The first-order valence-electron chi connectivity index (χ1n) is 9.83. The van der Waals surface area contributed by atoms with Crippen molar-refractivity contribution in [1.29, 1.82) is 0 Å². The monoisotopic (exact) mass is 449 g/mol. The van der Waals surface area contributed by atoms with E-state index in [1.165, 1.54) is 30.2 Å². The smallest absolute Gasteiger partial charge is 0.300 e. The summed E-state index contributed by atoms with van der Waals surface area (Å²) in [7, 11) is 1.44. The van der Waals surface area contributed by atoms with Crippen LogP contribution < -0.4 is 9.64 Å². The van der Waals surface area contributed by atoms with Gasteiger partial charge in [-0.15, -0.1) is 0 Å². The van der Waals surface area contributed by atoms with Crippen LogP contribution in [0.4, 0.5) is 5.69 Å². The van der Waals surface area contributed by atoms with E-state index >= 15 is 0 Å². The van der Waals surface area contributed by atoms with Gasteiger partial charge in [-0.05, 0) is 42.8 Å². The number of carbonyl (C=O) groups excluding carboxylic acids is 2. The van der Waals surface area contributed by atoms with Crippen LogP contribution in [0.1, 0.15) is 22.7 Å². The molecule has 1 aliphatic rings. The molecule has 0 bridgehead atoms. The fraction of sp³-hybridized carbons (Fsp3) is 0.120. The number of aryl methyl sites for hydroxylation is 1. The number of anilines is 1. The first-order valence-corrected chi connectivity index (χ1v) is 10.2. The molecule has 2 N–H and O–H groups in total. The van der Waals surface area contributed by atoms with E-state index in [0.717, 1.165) is 5.56 Å². The number of hydrogen-bond acceptors (Lipinski definition) is 5. The predicted molar refractivity (Wildman–Crippen MR) is 122 cm³/mol. The van der Waals surface area contributed by atoms with Crippen LogP contribution in [-0.2, 0) is 9.59 Å². The lowest BCUT2D eigenvalue weighted by Crippen LogP contribution is -2.29. The third-order valence-electron chi connectivity index (χ3n) is 5.37. The predicted octanol–water partition coefficient (Wildman–Crippen LogP) is 4.99. The van der Waals surface area contributed by atoms with Gasteiger partial charge in [-0.25, -0.2) is 0 Å². The molecular formula is C25H20ClNO5. The number of aliphatic hydroxyl groups excluding tert-OH is 1. The highest BCUT2D eigenvalue weighted by Gasteiger charge is 2.47. The van der Waals surface area contributed by atoms with Crippen LogP contribution in [0.2, 0.25) is 5.02 Å². The van der Waals surface area contributed by atoms with Crippen LogP contribution >= 0.6 is 11.6 Å². The summed E-state index contributed by atoms with van der Waals surface area (Å²) in [6.45, 7) is 1.89. The molecular weight excluding hydrogens is 430 g/mol. The van der Waals surface area contributed by atoms with Crippen LogP contribution in [0.15, 0.2) is 72.3 Å². The standard InChI is InChI=1S/C25H20ClNO5/c1-14-6-5-7-15(12-14)22-21(23(29)16-10-11-17(26)20(13-16)32-2)24(30)25(31)27(22)18-8-3-4-9-19(18)28/h3-13,22,28-29H,1-2H3/b23-21-. The molecule has 32 heavy (non-hydrogen) atoms. The Balaban J connectivity index is 1.98. The molecule has 3 aromatic rings. The Morgan fingerprint density at radius 1 is 1.03 bits per heavy atom. The molecule has 162 valence electrons. The highest BCUT2D eigenvalue weighted by atomic mass is 35.5. The molecule has 6 nitrogen and oxygen atoms in total. The van der Waals surface area contributed by atoms with E-state index in [-0.39, 0.29) is 28.3 Å². The zero-order valence-corrected chi connectivity index (χ0v) is 18.1. The second-order valence-corrected chi connectivity index (χ2v) is 7.83. The van der Waals surface area contributed by atoms with E-state index in [2.05, 4.69) is 0 Å². The van der Waals surface area contributed by atoms with Crippen molar-refractivity contribution in [3.05, 3.63) is 94.0 Å². The van der Waals surface area contributed by atoms with E-state index in [4.69, 9.17) is 16.3 Å². The highest BCUT2D eigenvalue weighted by molar-refractivity contribution is 6.52. The van der Waals surface area contributed by atoms with Crippen molar-refractivity contribution in [3.63, 3.8) is 0 Å². The van der Waals surface area contributed by atoms with Crippen LogP contribution in [0, 0.1) is 6.92 Å². The molecule has 0 radical (unpaired) electrons. The molecule has 0 saturated carbocycles. The third-order valence-corrected chi connectivity index (χ3v) is 5.68. The minimum Gasteiger partial charge on any atom is -0.507 e. The summed E-state index contributed by atoms with van der Waals surface area (Å²) in [5.41, 5.74) is 1.90. The van der Waals surface area contributed by atoms with E-state index < -0.39 is 17.7 Å². The third kappa shape index (κ3) is 3.59. The molecule has 7 heteroatoms. The number of phenols is 1. The lowest BCUT2D eigenvalue weighted by molar-refractivity contribution is -0.132. The van der Waals surface area contributed by atoms with Crippen molar-refractivity contribution < 1.29 is 24.5 Å². The number of amides is 1. The molecule has 3 aromatic carbocycles. The van der Waals surface area contributed by atoms with Crippen molar-refractivity contribution in [3.8, 4) is 11.5 Å². The minimum absolute atomic E-state index is 0.0896. The second kappa shape index (κ2) is 8.40. The Morgan fingerprint density at radius 2 is 1.78 bits per heavy atom. The SMILES string of the molecule is COc1cc(/C(O)=C2/C(=O)C(=O)N(c3ccccc3O)C2c2cccc(C)c2)ccc1Cl. The largest absolute Gasteiger partial charge is 0.507 e. The summed E-state index contributed by atoms with van der Waals surface area (Å²) >= 11 is 6.10. The molecule has 1 amide bonds. The number of aromatic hydroxyl groups is 1. The zero-order chi connectivity index (χ0) is 23.0. The fourth-order valence-corrected chi connectivity index (χ4v) is 4.06. The number of ether oxygens (including phenoxy) is 1. The fourth-order valence-electron chi connectivity index (χ4n) is 3.87. The maximum Gasteiger partial charge on any atom is 0.300 e. The molecule has 1 fully saturated rings. The first-order chi connectivity index (χ1) is 15.3.